The van der Waals surface area contributed by atoms with Crippen molar-refractivity contribution in [2.75, 3.05) is 7.05 Å². The summed E-state index contributed by atoms with van der Waals surface area (Å²) in [6, 6.07) is 7.69. The number of rotatable bonds is 3. The number of hydrogen-bond acceptors (Lipinski definition) is 1. The third-order valence-electron chi connectivity index (χ3n) is 1.89. The van der Waals surface area contributed by atoms with Gasteiger partial charge in [0.1, 0.15) is 0 Å². The van der Waals surface area contributed by atoms with Crippen LogP contribution in [0.4, 0.5) is 0 Å². The van der Waals surface area contributed by atoms with Crippen LogP contribution >= 0.6 is 11.6 Å². The number of amides is 1. The van der Waals surface area contributed by atoms with Gasteiger partial charge in [-0.05, 0) is 11.1 Å². The highest BCUT2D eigenvalue weighted by atomic mass is 35.5. The molecular weight excluding hydrogens is 186 g/mol. The number of nitrogens with one attached hydrogen (secondary N) is 1. The number of likely N-dealkylation sites (N-methyl/N-ethyl adjacent to an activating group) is 1. The Balaban J connectivity index is 2.81. The molecule has 0 bridgehead atoms. The quantitative estimate of drug-likeness (QED) is 0.735. The summed E-state index contributed by atoms with van der Waals surface area (Å²) >= 11 is 5.73. The highest BCUT2D eigenvalue weighted by molar-refractivity contribution is 6.17. The van der Waals surface area contributed by atoms with E-state index < -0.39 is 0 Å². The predicted octanol–water partition coefficient (Wildman–Crippen LogP) is 1.71. The van der Waals surface area contributed by atoms with Crippen molar-refractivity contribution in [1.29, 1.82) is 0 Å². The molecule has 1 amide bonds. The molecule has 1 N–H and O–H groups in total. The second-order valence-corrected chi connectivity index (χ2v) is 3.02. The van der Waals surface area contributed by atoms with E-state index in [0.29, 0.717) is 12.3 Å². The Hall–Kier alpha value is -1.02. The highest BCUT2D eigenvalue weighted by Gasteiger charge is 2.04. The van der Waals surface area contributed by atoms with Crippen molar-refractivity contribution < 1.29 is 4.79 Å². The summed E-state index contributed by atoms with van der Waals surface area (Å²) in [5, 5.41) is 2.58. The molecule has 0 aliphatic rings. The number of benzene rings is 1. The largest absolute Gasteiger partial charge is 0.359 e. The smallest absolute Gasteiger partial charge is 0.224 e. The Labute approximate surface area is 82.9 Å². The summed E-state index contributed by atoms with van der Waals surface area (Å²) in [5.74, 6) is 0.463. The fraction of sp³-hybridized carbons (Fsp3) is 0.300. The molecular formula is C10H12ClNO. The van der Waals surface area contributed by atoms with Gasteiger partial charge in [-0.2, -0.15) is 0 Å². The minimum atomic E-state index is 0.0116. The Morgan fingerprint density at radius 2 is 2.00 bits per heavy atom. The highest BCUT2D eigenvalue weighted by Crippen LogP contribution is 2.11. The summed E-state index contributed by atoms with van der Waals surface area (Å²) in [6.45, 7) is 0. The molecule has 0 spiro atoms. The zero-order chi connectivity index (χ0) is 9.68. The van der Waals surface area contributed by atoms with Crippen LogP contribution in [0.3, 0.4) is 0 Å². The first-order chi connectivity index (χ1) is 6.27. The fourth-order valence-electron chi connectivity index (χ4n) is 1.12. The van der Waals surface area contributed by atoms with Crippen molar-refractivity contribution in [3.63, 3.8) is 0 Å². The van der Waals surface area contributed by atoms with Gasteiger partial charge in [-0.3, -0.25) is 4.79 Å². The normalized spacial score (nSPS) is 9.69. The number of carbonyl (C=O) groups excluding carboxylic acids is 1. The van der Waals surface area contributed by atoms with E-state index in [1.165, 1.54) is 0 Å². The molecule has 1 aromatic carbocycles. The van der Waals surface area contributed by atoms with Gasteiger partial charge in [0.2, 0.25) is 5.91 Å². The van der Waals surface area contributed by atoms with Gasteiger partial charge < -0.3 is 5.32 Å². The van der Waals surface area contributed by atoms with Crippen LogP contribution in [0.5, 0.6) is 0 Å². The topological polar surface area (TPSA) is 29.1 Å². The predicted molar refractivity (Wildman–Crippen MR) is 53.8 cm³/mol. The van der Waals surface area contributed by atoms with E-state index in [2.05, 4.69) is 5.32 Å². The molecule has 70 valence electrons. The van der Waals surface area contributed by atoms with E-state index >= 15 is 0 Å². The standard InChI is InChI=1S/C10H12ClNO/c1-12-10(13)6-8-4-2-3-5-9(8)7-11/h2-5H,6-7H2,1H3,(H,12,13). The molecule has 0 saturated heterocycles. The Morgan fingerprint density at radius 1 is 1.38 bits per heavy atom. The zero-order valence-corrected chi connectivity index (χ0v) is 8.27. The first-order valence-corrected chi connectivity index (χ1v) is 4.64. The SMILES string of the molecule is CNC(=O)Cc1ccccc1CCl. The molecule has 3 heteroatoms. The zero-order valence-electron chi connectivity index (χ0n) is 7.51. The Morgan fingerprint density at radius 3 is 2.54 bits per heavy atom. The first kappa shape index (κ1) is 10.1. The van der Waals surface area contributed by atoms with Gasteiger partial charge in [-0.1, -0.05) is 24.3 Å². The maximum atomic E-state index is 11.1. The van der Waals surface area contributed by atoms with E-state index in [0.717, 1.165) is 11.1 Å². The number of alkyl halides is 1. The van der Waals surface area contributed by atoms with Crippen LogP contribution < -0.4 is 5.32 Å². The van der Waals surface area contributed by atoms with Crippen LogP contribution in [0.25, 0.3) is 0 Å². The van der Waals surface area contributed by atoms with Crippen molar-refractivity contribution in [3.05, 3.63) is 35.4 Å². The summed E-state index contributed by atoms with van der Waals surface area (Å²) in [5.41, 5.74) is 2.02. The van der Waals surface area contributed by atoms with E-state index in [1.54, 1.807) is 7.05 Å². The van der Waals surface area contributed by atoms with E-state index in [4.69, 9.17) is 11.6 Å². The van der Waals surface area contributed by atoms with Crippen molar-refractivity contribution in [1.82, 2.24) is 5.32 Å². The Bertz CT molecular complexity index is 299. The van der Waals surface area contributed by atoms with Crippen LogP contribution in [0.2, 0.25) is 0 Å². The number of halogens is 1. The molecule has 0 aromatic heterocycles. The van der Waals surface area contributed by atoms with Gasteiger partial charge in [0, 0.05) is 12.9 Å². The Kier molecular flexibility index (Phi) is 3.77. The van der Waals surface area contributed by atoms with Gasteiger partial charge in [0.25, 0.3) is 0 Å². The van der Waals surface area contributed by atoms with Crippen LogP contribution in [-0.2, 0) is 17.1 Å². The first-order valence-electron chi connectivity index (χ1n) is 4.11. The van der Waals surface area contributed by atoms with E-state index in [-0.39, 0.29) is 5.91 Å². The summed E-state index contributed by atoms with van der Waals surface area (Å²) in [4.78, 5) is 11.1. The van der Waals surface area contributed by atoms with Crippen LogP contribution in [0, 0.1) is 0 Å². The molecule has 1 aromatic rings. The second kappa shape index (κ2) is 4.87. The molecule has 0 aliphatic carbocycles. The summed E-state index contributed by atoms with van der Waals surface area (Å²) < 4.78 is 0. The second-order valence-electron chi connectivity index (χ2n) is 2.75. The maximum Gasteiger partial charge on any atom is 0.224 e. The minimum Gasteiger partial charge on any atom is -0.359 e. The summed E-state index contributed by atoms with van der Waals surface area (Å²) in [7, 11) is 1.63. The minimum absolute atomic E-state index is 0.0116. The number of carbonyl (C=O) groups is 1. The maximum absolute atomic E-state index is 11.1. The van der Waals surface area contributed by atoms with Crippen LogP contribution in [0.1, 0.15) is 11.1 Å². The molecule has 13 heavy (non-hydrogen) atoms. The van der Waals surface area contributed by atoms with Gasteiger partial charge >= 0.3 is 0 Å². The average molecular weight is 198 g/mol. The third-order valence-corrected chi connectivity index (χ3v) is 2.18. The molecule has 0 unspecified atom stereocenters. The molecule has 0 saturated carbocycles. The average Bonchev–Trinajstić information content (AvgIpc) is 2.18. The van der Waals surface area contributed by atoms with Gasteiger partial charge in [0.05, 0.1) is 6.42 Å². The van der Waals surface area contributed by atoms with Crippen molar-refractivity contribution in [3.8, 4) is 0 Å². The van der Waals surface area contributed by atoms with E-state index in [1.807, 2.05) is 24.3 Å². The monoisotopic (exact) mass is 197 g/mol. The van der Waals surface area contributed by atoms with E-state index in [9.17, 15) is 4.79 Å². The lowest BCUT2D eigenvalue weighted by Gasteiger charge is -2.05. The van der Waals surface area contributed by atoms with Crippen molar-refractivity contribution in [2.24, 2.45) is 0 Å². The van der Waals surface area contributed by atoms with Gasteiger partial charge in [-0.25, -0.2) is 0 Å². The van der Waals surface area contributed by atoms with Crippen molar-refractivity contribution >= 4 is 17.5 Å². The lowest BCUT2D eigenvalue weighted by Crippen LogP contribution is -2.20. The van der Waals surface area contributed by atoms with Crippen molar-refractivity contribution in [2.45, 2.75) is 12.3 Å². The molecule has 0 fully saturated rings. The molecule has 0 heterocycles. The molecule has 2 nitrogen and oxygen atoms in total. The number of hydrogen-bond donors (Lipinski definition) is 1. The summed E-state index contributed by atoms with van der Waals surface area (Å²) in [6.07, 6.45) is 0.402. The fourth-order valence-corrected chi connectivity index (χ4v) is 1.38. The molecule has 0 radical (unpaired) electrons. The third kappa shape index (κ3) is 2.74. The lowest BCUT2D eigenvalue weighted by molar-refractivity contribution is -0.119. The van der Waals surface area contributed by atoms with Gasteiger partial charge in [-0.15, -0.1) is 11.6 Å². The van der Waals surface area contributed by atoms with Gasteiger partial charge in [0.15, 0.2) is 0 Å². The molecule has 0 aliphatic heterocycles. The molecule has 0 atom stereocenters. The molecule has 1 rings (SSSR count). The van der Waals surface area contributed by atoms with Crippen LogP contribution in [0.15, 0.2) is 24.3 Å². The van der Waals surface area contributed by atoms with Crippen LogP contribution in [-0.4, -0.2) is 13.0 Å². The lowest BCUT2D eigenvalue weighted by atomic mass is 10.1.